The van der Waals surface area contributed by atoms with E-state index < -0.39 is 0 Å². The summed E-state index contributed by atoms with van der Waals surface area (Å²) < 4.78 is 5.98. The molecule has 0 fully saturated rings. The van der Waals surface area contributed by atoms with Gasteiger partial charge in [-0.1, -0.05) is 90.5 Å². The summed E-state index contributed by atoms with van der Waals surface area (Å²) in [5.74, 6) is 0.926. The maximum Gasteiger partial charge on any atom is 0.256 e. The van der Waals surface area contributed by atoms with E-state index in [9.17, 15) is 4.79 Å². The molecular formula is C27H20ClNO2. The van der Waals surface area contributed by atoms with Crippen molar-refractivity contribution >= 4 is 34.8 Å². The molecule has 0 unspecified atom stereocenters. The zero-order valence-electron chi connectivity index (χ0n) is 16.7. The highest BCUT2D eigenvalue weighted by molar-refractivity contribution is 6.32. The van der Waals surface area contributed by atoms with Crippen molar-refractivity contribution < 1.29 is 9.53 Å². The first kappa shape index (κ1) is 20.5. The lowest BCUT2D eigenvalue weighted by molar-refractivity contribution is -0.111. The summed E-state index contributed by atoms with van der Waals surface area (Å²) in [5.41, 5.74) is 2.79. The second kappa shape index (κ2) is 9.79. The molecule has 0 aromatic heterocycles. The minimum Gasteiger partial charge on any atom is -0.455 e. The Hall–Kier alpha value is -3.82. The summed E-state index contributed by atoms with van der Waals surface area (Å²) in [6, 6.07) is 33.8. The van der Waals surface area contributed by atoms with Crippen LogP contribution in [0.3, 0.4) is 0 Å². The number of anilines is 1. The predicted molar refractivity (Wildman–Crippen MR) is 127 cm³/mol. The Morgan fingerprint density at radius 3 is 2.06 bits per heavy atom. The van der Waals surface area contributed by atoms with E-state index >= 15 is 0 Å². The molecule has 0 aliphatic heterocycles. The molecule has 0 bridgehead atoms. The van der Waals surface area contributed by atoms with Crippen molar-refractivity contribution in [2.24, 2.45) is 0 Å². The van der Waals surface area contributed by atoms with Crippen molar-refractivity contribution in [2.75, 3.05) is 5.32 Å². The molecule has 1 N–H and O–H groups in total. The molecule has 0 saturated heterocycles. The summed E-state index contributed by atoms with van der Waals surface area (Å²) in [5, 5.41) is 3.48. The van der Waals surface area contributed by atoms with Gasteiger partial charge >= 0.3 is 0 Å². The van der Waals surface area contributed by atoms with Crippen LogP contribution in [0.5, 0.6) is 11.5 Å². The maximum absolute atomic E-state index is 13.4. The van der Waals surface area contributed by atoms with Crippen molar-refractivity contribution in [3.63, 3.8) is 0 Å². The van der Waals surface area contributed by atoms with Gasteiger partial charge in [0, 0.05) is 10.6 Å². The molecule has 4 heteroatoms. The number of hydrogen-bond donors (Lipinski definition) is 1. The van der Waals surface area contributed by atoms with Crippen molar-refractivity contribution in [3.8, 4) is 11.5 Å². The van der Waals surface area contributed by atoms with Gasteiger partial charge in [0.25, 0.3) is 5.91 Å². The topological polar surface area (TPSA) is 38.3 Å². The second-order valence-electron chi connectivity index (χ2n) is 6.84. The average Bonchev–Trinajstić information content (AvgIpc) is 2.81. The van der Waals surface area contributed by atoms with Gasteiger partial charge in [0.05, 0.1) is 5.69 Å². The van der Waals surface area contributed by atoms with E-state index in [2.05, 4.69) is 5.32 Å². The maximum atomic E-state index is 13.4. The molecule has 0 heterocycles. The number of hydrogen-bond acceptors (Lipinski definition) is 2. The third-order valence-corrected chi connectivity index (χ3v) is 4.84. The summed E-state index contributed by atoms with van der Waals surface area (Å²) in [6.45, 7) is 0. The summed E-state index contributed by atoms with van der Waals surface area (Å²) in [7, 11) is 0. The smallest absolute Gasteiger partial charge is 0.256 e. The van der Waals surface area contributed by atoms with Crippen molar-refractivity contribution in [3.05, 3.63) is 125 Å². The summed E-state index contributed by atoms with van der Waals surface area (Å²) in [6.07, 6.45) is 1.87. The highest BCUT2D eigenvalue weighted by atomic mass is 35.5. The highest BCUT2D eigenvalue weighted by Crippen LogP contribution is 2.33. The molecule has 0 saturated carbocycles. The fraction of sp³-hybridized carbons (Fsp3) is 0. The number of ether oxygens (including phenoxy) is 1. The lowest BCUT2D eigenvalue weighted by Gasteiger charge is -2.14. The van der Waals surface area contributed by atoms with Crippen LogP contribution >= 0.6 is 11.6 Å². The molecule has 4 aromatic carbocycles. The first-order valence-corrected chi connectivity index (χ1v) is 10.2. The number of nitrogens with one attached hydrogen (secondary N) is 1. The van der Waals surface area contributed by atoms with Crippen molar-refractivity contribution in [1.82, 2.24) is 0 Å². The van der Waals surface area contributed by atoms with E-state index in [0.717, 1.165) is 11.1 Å². The van der Waals surface area contributed by atoms with Crippen molar-refractivity contribution in [1.29, 1.82) is 0 Å². The molecule has 0 aliphatic carbocycles. The van der Waals surface area contributed by atoms with Crippen LogP contribution in [0, 0.1) is 0 Å². The number of carbonyl (C=O) groups is 1. The van der Waals surface area contributed by atoms with E-state index in [1.807, 2.05) is 97.1 Å². The Kier molecular flexibility index (Phi) is 6.46. The van der Waals surface area contributed by atoms with Crippen LogP contribution in [0.2, 0.25) is 5.02 Å². The molecule has 0 spiro atoms. The number of rotatable bonds is 6. The normalized spacial score (nSPS) is 11.1. The first-order chi connectivity index (χ1) is 15.2. The number of benzene rings is 4. The lowest BCUT2D eigenvalue weighted by Crippen LogP contribution is -2.14. The number of halogens is 1. The van der Waals surface area contributed by atoms with Crippen molar-refractivity contribution in [2.45, 2.75) is 0 Å². The van der Waals surface area contributed by atoms with Gasteiger partial charge in [-0.25, -0.2) is 0 Å². The third-order valence-electron chi connectivity index (χ3n) is 4.60. The lowest BCUT2D eigenvalue weighted by atomic mass is 10.0. The van der Waals surface area contributed by atoms with Gasteiger partial charge in [0.15, 0.2) is 5.75 Å². The zero-order valence-corrected chi connectivity index (χ0v) is 17.4. The van der Waals surface area contributed by atoms with Crippen LogP contribution in [-0.2, 0) is 4.79 Å². The first-order valence-electron chi connectivity index (χ1n) is 9.85. The highest BCUT2D eigenvalue weighted by Gasteiger charge is 2.16. The van der Waals surface area contributed by atoms with Crippen LogP contribution in [0.15, 0.2) is 109 Å². The van der Waals surface area contributed by atoms with Gasteiger partial charge < -0.3 is 10.1 Å². The van der Waals surface area contributed by atoms with Gasteiger partial charge in [-0.2, -0.15) is 0 Å². The van der Waals surface area contributed by atoms with E-state index in [0.29, 0.717) is 27.8 Å². The molecule has 4 aromatic rings. The van der Waals surface area contributed by atoms with Crippen LogP contribution in [-0.4, -0.2) is 5.91 Å². The van der Waals surface area contributed by atoms with Gasteiger partial charge in [-0.05, 0) is 47.5 Å². The Balaban J connectivity index is 1.68. The average molecular weight is 426 g/mol. The fourth-order valence-corrected chi connectivity index (χ4v) is 3.28. The zero-order chi connectivity index (χ0) is 21.5. The van der Waals surface area contributed by atoms with Crippen LogP contribution in [0.4, 0.5) is 5.69 Å². The number of carbonyl (C=O) groups excluding carboxylic acids is 1. The minimum atomic E-state index is -0.254. The standard InChI is InChI=1S/C27H20ClNO2/c28-22-16-17-26(31-23-14-8-3-9-15-23)25(19-22)29-27(30)24(21-12-6-2-7-13-21)18-20-10-4-1-5-11-20/h1-19H,(H,29,30)/b24-18+. The van der Waals surface area contributed by atoms with E-state index in [4.69, 9.17) is 16.3 Å². The van der Waals surface area contributed by atoms with Gasteiger partial charge in [0.1, 0.15) is 5.75 Å². The molecule has 0 radical (unpaired) electrons. The van der Waals surface area contributed by atoms with E-state index in [-0.39, 0.29) is 5.91 Å². The molecule has 4 rings (SSSR count). The minimum absolute atomic E-state index is 0.254. The fourth-order valence-electron chi connectivity index (χ4n) is 3.11. The molecular weight excluding hydrogens is 406 g/mol. The number of para-hydroxylation sites is 1. The Morgan fingerprint density at radius 1 is 0.774 bits per heavy atom. The molecule has 0 atom stereocenters. The molecule has 0 aliphatic rings. The Labute approximate surface area is 186 Å². The molecule has 3 nitrogen and oxygen atoms in total. The van der Waals surface area contributed by atoms with Gasteiger partial charge in [0.2, 0.25) is 0 Å². The quantitative estimate of drug-likeness (QED) is 0.260. The molecule has 31 heavy (non-hydrogen) atoms. The van der Waals surface area contributed by atoms with Gasteiger partial charge in [-0.15, -0.1) is 0 Å². The van der Waals surface area contributed by atoms with Gasteiger partial charge in [-0.3, -0.25) is 4.79 Å². The van der Waals surface area contributed by atoms with Crippen LogP contribution < -0.4 is 10.1 Å². The monoisotopic (exact) mass is 425 g/mol. The summed E-state index contributed by atoms with van der Waals surface area (Å²) >= 11 is 6.21. The Morgan fingerprint density at radius 2 is 1.39 bits per heavy atom. The number of amides is 1. The SMILES string of the molecule is O=C(Nc1cc(Cl)ccc1Oc1ccccc1)/C(=C/c1ccccc1)c1ccccc1. The molecule has 1 amide bonds. The van der Waals surface area contributed by atoms with Crippen LogP contribution in [0.1, 0.15) is 11.1 Å². The molecule has 152 valence electrons. The second-order valence-corrected chi connectivity index (χ2v) is 7.28. The predicted octanol–water partition coefficient (Wildman–Crippen LogP) is 7.31. The van der Waals surface area contributed by atoms with Crippen LogP contribution in [0.25, 0.3) is 11.6 Å². The largest absolute Gasteiger partial charge is 0.455 e. The Bertz CT molecular complexity index is 1190. The summed E-state index contributed by atoms with van der Waals surface area (Å²) in [4.78, 5) is 13.4. The van der Waals surface area contributed by atoms with E-state index in [1.165, 1.54) is 0 Å². The third kappa shape index (κ3) is 5.41. The van der Waals surface area contributed by atoms with E-state index in [1.54, 1.807) is 18.2 Å².